The van der Waals surface area contributed by atoms with E-state index < -0.39 is 9.85 Å². The molecule has 0 radical (unpaired) electrons. The number of nitrogens with one attached hydrogen (secondary N) is 1. The van der Waals surface area contributed by atoms with Crippen molar-refractivity contribution in [1.29, 1.82) is 0 Å². The van der Waals surface area contributed by atoms with E-state index in [9.17, 15) is 20.2 Å². The van der Waals surface area contributed by atoms with Gasteiger partial charge in [0.15, 0.2) is 4.64 Å². The van der Waals surface area contributed by atoms with Gasteiger partial charge in [-0.1, -0.05) is 23.8 Å². The minimum atomic E-state index is -0.553. The van der Waals surface area contributed by atoms with Crippen molar-refractivity contribution >= 4 is 35.2 Å². The van der Waals surface area contributed by atoms with Gasteiger partial charge < -0.3 is 4.98 Å². The first-order valence-corrected chi connectivity index (χ1v) is 6.61. The van der Waals surface area contributed by atoms with Crippen LogP contribution in [0.25, 0.3) is 0 Å². The molecule has 2 rings (SSSR count). The number of aryl methyl sites for hydroxylation is 2. The molecule has 2 aromatic heterocycles. The highest BCUT2D eigenvalue weighted by molar-refractivity contribution is 7.71. The summed E-state index contributed by atoms with van der Waals surface area (Å²) in [6.45, 7) is 3.48. The van der Waals surface area contributed by atoms with Gasteiger partial charge in [0.1, 0.15) is 0 Å². The number of rotatable bonds is 2. The molecule has 116 valence electrons. The summed E-state index contributed by atoms with van der Waals surface area (Å²) in [5, 5.41) is 20.5. The maximum atomic E-state index is 10.3. The highest BCUT2D eigenvalue weighted by Gasteiger charge is 2.12. The number of H-pyrrole nitrogens is 1. The summed E-state index contributed by atoms with van der Waals surface area (Å²) in [5.41, 5.74) is 1.33. The summed E-state index contributed by atoms with van der Waals surface area (Å²) in [7, 11) is 0. The van der Waals surface area contributed by atoms with Gasteiger partial charge in [-0.3, -0.25) is 20.2 Å². The van der Waals surface area contributed by atoms with E-state index in [0.29, 0.717) is 0 Å². The van der Waals surface area contributed by atoms with E-state index in [0.717, 1.165) is 11.1 Å². The molecule has 0 amide bonds. The summed E-state index contributed by atoms with van der Waals surface area (Å²) in [6, 6.07) is 2.83. The van der Waals surface area contributed by atoms with E-state index in [1.807, 2.05) is 0 Å². The molecule has 10 heteroatoms. The summed E-state index contributed by atoms with van der Waals surface area (Å²) in [6.07, 6.45) is 3.12. The monoisotopic (exact) mass is 342 g/mol. The lowest BCUT2D eigenvalue weighted by Crippen LogP contribution is -1.91. The number of halogens is 1. The van der Waals surface area contributed by atoms with Gasteiger partial charge in [-0.2, -0.15) is 0 Å². The Balaban J connectivity index is 0.000000220. The van der Waals surface area contributed by atoms with Crippen molar-refractivity contribution in [3.05, 3.63) is 65.7 Å². The van der Waals surface area contributed by atoms with Crippen LogP contribution in [0.4, 0.5) is 11.4 Å². The number of nitrogens with zero attached hydrogens (tertiary/aromatic N) is 3. The average molecular weight is 343 g/mol. The van der Waals surface area contributed by atoms with Crippen molar-refractivity contribution in [2.45, 2.75) is 13.8 Å². The standard InChI is InChI=1S/C6H5ClN2O2.C6H6N2O2S/c1-4-2-5(9(10)11)6(7)8-3-4;1-4-2-5(8(9)10)6(11)7-3-4/h2-3H,1H3;2-3H,1H3,(H,7,11). The third-order valence-electron chi connectivity index (χ3n) is 2.38. The molecule has 1 N–H and O–H groups in total. The van der Waals surface area contributed by atoms with Gasteiger partial charge in [0, 0.05) is 24.5 Å². The molecule has 0 atom stereocenters. The highest BCUT2D eigenvalue weighted by Crippen LogP contribution is 2.21. The van der Waals surface area contributed by atoms with Crippen LogP contribution < -0.4 is 0 Å². The maximum absolute atomic E-state index is 10.3. The Kier molecular flexibility index (Phi) is 6.08. The van der Waals surface area contributed by atoms with E-state index in [4.69, 9.17) is 23.8 Å². The SMILES string of the molecule is Cc1c[nH]c(=S)c([N+](=O)[O-])c1.Cc1cnc(Cl)c([N+](=O)[O-])c1. The zero-order valence-corrected chi connectivity index (χ0v) is 13.1. The minimum Gasteiger partial charge on any atom is -0.347 e. The van der Waals surface area contributed by atoms with Crippen LogP contribution in [-0.2, 0) is 0 Å². The second-order valence-corrected chi connectivity index (χ2v) is 4.99. The van der Waals surface area contributed by atoms with E-state index in [-0.39, 0.29) is 21.2 Å². The Bertz CT molecular complexity index is 778. The van der Waals surface area contributed by atoms with Crippen molar-refractivity contribution in [1.82, 2.24) is 9.97 Å². The summed E-state index contributed by atoms with van der Waals surface area (Å²) < 4.78 is 0.167. The smallest absolute Gasteiger partial charge is 0.306 e. The normalized spacial score (nSPS) is 9.59. The Morgan fingerprint density at radius 1 is 1.14 bits per heavy atom. The molecular formula is C12H11ClN4O4S. The topological polar surface area (TPSA) is 115 Å². The van der Waals surface area contributed by atoms with E-state index >= 15 is 0 Å². The molecule has 0 fully saturated rings. The molecule has 0 spiro atoms. The van der Waals surface area contributed by atoms with Gasteiger partial charge in [-0.15, -0.1) is 0 Å². The van der Waals surface area contributed by atoms with Crippen LogP contribution in [-0.4, -0.2) is 19.8 Å². The third kappa shape index (κ3) is 4.86. The van der Waals surface area contributed by atoms with Crippen molar-refractivity contribution < 1.29 is 9.85 Å². The van der Waals surface area contributed by atoms with Gasteiger partial charge in [0.25, 0.3) is 0 Å². The average Bonchev–Trinajstić information content (AvgIpc) is 2.44. The van der Waals surface area contributed by atoms with Crippen LogP contribution in [0.1, 0.15) is 11.1 Å². The second kappa shape index (κ2) is 7.57. The van der Waals surface area contributed by atoms with Gasteiger partial charge in [-0.05, 0) is 25.0 Å². The fourth-order valence-electron chi connectivity index (χ4n) is 1.38. The van der Waals surface area contributed by atoms with Crippen molar-refractivity contribution in [2.75, 3.05) is 0 Å². The van der Waals surface area contributed by atoms with E-state index in [1.165, 1.54) is 18.3 Å². The first kappa shape index (κ1) is 17.7. The highest BCUT2D eigenvalue weighted by atomic mass is 35.5. The molecule has 0 aliphatic rings. The fourth-order valence-corrected chi connectivity index (χ4v) is 1.74. The van der Waals surface area contributed by atoms with Crippen molar-refractivity contribution in [3.8, 4) is 0 Å². The molecule has 0 bridgehead atoms. The lowest BCUT2D eigenvalue weighted by molar-refractivity contribution is -0.385. The van der Waals surface area contributed by atoms with Crippen LogP contribution in [0.15, 0.2) is 24.5 Å². The molecular weight excluding hydrogens is 332 g/mol. The maximum Gasteiger partial charge on any atom is 0.306 e. The fraction of sp³-hybridized carbons (Fsp3) is 0.167. The lowest BCUT2D eigenvalue weighted by Gasteiger charge is -1.94. The lowest BCUT2D eigenvalue weighted by atomic mass is 10.3. The molecule has 2 heterocycles. The molecule has 8 nitrogen and oxygen atoms in total. The summed E-state index contributed by atoms with van der Waals surface area (Å²) >= 11 is 10.1. The molecule has 0 saturated heterocycles. The van der Waals surface area contributed by atoms with Crippen LogP contribution in [0.5, 0.6) is 0 Å². The quantitative estimate of drug-likeness (QED) is 0.383. The number of hydrogen-bond donors (Lipinski definition) is 1. The van der Waals surface area contributed by atoms with Gasteiger partial charge in [0.2, 0.25) is 5.15 Å². The predicted molar refractivity (Wildman–Crippen MR) is 83.7 cm³/mol. The molecule has 22 heavy (non-hydrogen) atoms. The number of aromatic amines is 1. The predicted octanol–water partition coefficient (Wildman–Crippen LogP) is 3.91. The van der Waals surface area contributed by atoms with Crippen LogP contribution in [0.2, 0.25) is 5.15 Å². The Hall–Kier alpha value is -2.39. The Morgan fingerprint density at radius 3 is 2.14 bits per heavy atom. The number of aromatic nitrogens is 2. The van der Waals surface area contributed by atoms with E-state index in [1.54, 1.807) is 20.0 Å². The van der Waals surface area contributed by atoms with E-state index in [2.05, 4.69) is 9.97 Å². The van der Waals surface area contributed by atoms with Crippen LogP contribution in [0, 0.1) is 38.7 Å². The van der Waals surface area contributed by atoms with Gasteiger partial charge >= 0.3 is 11.4 Å². The summed E-state index contributed by atoms with van der Waals surface area (Å²) in [4.78, 5) is 25.7. The van der Waals surface area contributed by atoms with Crippen LogP contribution in [0.3, 0.4) is 0 Å². The summed E-state index contributed by atoms with van der Waals surface area (Å²) in [5.74, 6) is 0. The minimum absolute atomic E-state index is 0.0417. The zero-order valence-electron chi connectivity index (χ0n) is 11.6. The van der Waals surface area contributed by atoms with Gasteiger partial charge in [-0.25, -0.2) is 4.98 Å². The number of hydrogen-bond acceptors (Lipinski definition) is 6. The second-order valence-electron chi connectivity index (χ2n) is 4.23. The number of nitro groups is 2. The molecule has 0 aliphatic carbocycles. The van der Waals surface area contributed by atoms with Gasteiger partial charge in [0.05, 0.1) is 9.85 Å². The Labute approximate surface area is 135 Å². The molecule has 0 aliphatic heterocycles. The number of pyridine rings is 2. The zero-order chi connectivity index (χ0) is 16.9. The molecule has 0 unspecified atom stereocenters. The first-order valence-electron chi connectivity index (χ1n) is 5.82. The molecule has 0 saturated carbocycles. The first-order chi connectivity index (χ1) is 10.2. The van der Waals surface area contributed by atoms with Crippen LogP contribution >= 0.6 is 23.8 Å². The Morgan fingerprint density at radius 2 is 1.68 bits per heavy atom. The molecule has 2 aromatic rings. The van der Waals surface area contributed by atoms with Crippen molar-refractivity contribution in [2.24, 2.45) is 0 Å². The third-order valence-corrected chi connectivity index (χ3v) is 3.00. The largest absolute Gasteiger partial charge is 0.347 e. The van der Waals surface area contributed by atoms with Crippen molar-refractivity contribution in [3.63, 3.8) is 0 Å². The molecule has 0 aromatic carbocycles.